The van der Waals surface area contributed by atoms with Crippen LogP contribution in [0.1, 0.15) is 278 Å². The lowest BCUT2D eigenvalue weighted by molar-refractivity contribution is -0.301. The maximum Gasteiger partial charge on any atom is 0.335 e. The summed E-state index contributed by atoms with van der Waals surface area (Å²) in [6.07, 6.45) is 53.3. The standard InChI is InChI=1S/C65H112O12/c1-4-7-10-13-16-19-22-25-27-29-31-34-36-39-42-45-48-51-57(66)73-54-56(75-58(67)52-49-46-43-40-38-35-32-30-28-26-23-20-17-14-11-8-5-2)55-74-65-63(61(70)60(69)62(77-65)64(71)72)76-59(68)53-50-47-44-41-37-33-24-21-18-15-12-9-6-3/h9,12,18,21,25-28,33,37,56,60-63,65,69-70H,4-8,10-11,13-17,19-20,22-24,29-32,34-36,38-55H2,1-3H3,(H,71,72)/b12-9-,21-18-,27-25-,28-26-,37-33-. The number of aliphatic carboxylic acids is 1. The van der Waals surface area contributed by atoms with E-state index in [2.05, 4.69) is 81.5 Å². The molecule has 0 amide bonds. The van der Waals surface area contributed by atoms with Crippen LogP contribution < -0.4 is 0 Å². The van der Waals surface area contributed by atoms with Gasteiger partial charge in [-0.25, -0.2) is 4.79 Å². The van der Waals surface area contributed by atoms with Crippen LogP contribution in [-0.2, 0) is 42.9 Å². The Kier molecular flexibility index (Phi) is 49.2. The van der Waals surface area contributed by atoms with Gasteiger partial charge in [0.25, 0.3) is 0 Å². The van der Waals surface area contributed by atoms with Crippen molar-refractivity contribution in [2.75, 3.05) is 13.2 Å². The Balaban J connectivity index is 2.69. The van der Waals surface area contributed by atoms with Crippen molar-refractivity contribution >= 4 is 23.9 Å². The first-order chi connectivity index (χ1) is 37.6. The van der Waals surface area contributed by atoms with Crippen molar-refractivity contribution in [1.29, 1.82) is 0 Å². The van der Waals surface area contributed by atoms with Crippen molar-refractivity contribution in [2.45, 2.75) is 314 Å². The molecule has 6 atom stereocenters. The number of carbonyl (C=O) groups excluding carboxylic acids is 3. The minimum atomic E-state index is -1.91. The Morgan fingerprint density at radius 2 is 0.818 bits per heavy atom. The monoisotopic (exact) mass is 1080 g/mol. The first kappa shape index (κ1) is 71.4. The molecule has 6 unspecified atom stereocenters. The van der Waals surface area contributed by atoms with Crippen LogP contribution in [0.3, 0.4) is 0 Å². The molecular weight excluding hydrogens is 973 g/mol. The Labute approximate surface area is 468 Å². The molecule has 1 fully saturated rings. The van der Waals surface area contributed by atoms with E-state index in [1.807, 2.05) is 0 Å². The predicted octanol–water partition coefficient (Wildman–Crippen LogP) is 16.3. The fraction of sp³-hybridized carbons (Fsp3) is 0.785. The van der Waals surface area contributed by atoms with Crippen LogP contribution >= 0.6 is 0 Å². The number of hydrogen-bond acceptors (Lipinski definition) is 11. The quantitative estimate of drug-likeness (QED) is 0.0228. The lowest BCUT2D eigenvalue weighted by Crippen LogP contribution is -2.61. The van der Waals surface area contributed by atoms with E-state index in [9.17, 15) is 34.5 Å². The Hall–Kier alpha value is -3.58. The van der Waals surface area contributed by atoms with E-state index in [-0.39, 0.29) is 25.9 Å². The topological polar surface area (TPSA) is 175 Å². The second-order valence-corrected chi connectivity index (χ2v) is 21.3. The molecule has 0 aromatic rings. The zero-order valence-corrected chi connectivity index (χ0v) is 49.0. The van der Waals surface area contributed by atoms with Crippen LogP contribution in [0.2, 0.25) is 0 Å². The zero-order valence-electron chi connectivity index (χ0n) is 49.0. The van der Waals surface area contributed by atoms with E-state index in [4.69, 9.17) is 23.7 Å². The second-order valence-electron chi connectivity index (χ2n) is 21.3. The van der Waals surface area contributed by atoms with Gasteiger partial charge in [0.15, 0.2) is 24.6 Å². The van der Waals surface area contributed by atoms with Crippen LogP contribution in [0, 0.1) is 0 Å². The van der Waals surface area contributed by atoms with Gasteiger partial charge in [-0.05, 0) is 103 Å². The summed E-state index contributed by atoms with van der Waals surface area (Å²) < 4.78 is 28.4. The summed E-state index contributed by atoms with van der Waals surface area (Å²) in [5.41, 5.74) is 0. The van der Waals surface area contributed by atoms with Crippen LogP contribution in [0.15, 0.2) is 60.8 Å². The average molecular weight is 1090 g/mol. The van der Waals surface area contributed by atoms with Gasteiger partial charge in [0.2, 0.25) is 0 Å². The van der Waals surface area contributed by atoms with Crippen molar-refractivity contribution in [3.8, 4) is 0 Å². The molecule has 0 aromatic heterocycles. The molecule has 0 spiro atoms. The van der Waals surface area contributed by atoms with Gasteiger partial charge in [0, 0.05) is 19.3 Å². The summed E-state index contributed by atoms with van der Waals surface area (Å²) in [6.45, 7) is 5.87. The van der Waals surface area contributed by atoms with Crippen molar-refractivity contribution in [3.63, 3.8) is 0 Å². The molecule has 1 aliphatic heterocycles. The summed E-state index contributed by atoms with van der Waals surface area (Å²) in [5, 5.41) is 31.5. The molecule has 0 bridgehead atoms. The first-order valence-corrected chi connectivity index (χ1v) is 31.3. The molecule has 3 N–H and O–H groups in total. The normalized spacial score (nSPS) is 18.4. The summed E-state index contributed by atoms with van der Waals surface area (Å²) in [6, 6.07) is 0. The fourth-order valence-corrected chi connectivity index (χ4v) is 9.25. The molecule has 1 rings (SSSR count). The van der Waals surface area contributed by atoms with Crippen LogP contribution in [0.25, 0.3) is 0 Å². The third kappa shape index (κ3) is 43.0. The molecule has 1 heterocycles. The van der Waals surface area contributed by atoms with E-state index in [1.54, 1.807) is 0 Å². The molecule has 1 saturated heterocycles. The minimum Gasteiger partial charge on any atom is -0.479 e. The third-order valence-electron chi connectivity index (χ3n) is 14.0. The number of hydrogen-bond donors (Lipinski definition) is 3. The van der Waals surface area contributed by atoms with Gasteiger partial charge in [0.1, 0.15) is 18.8 Å². The highest BCUT2D eigenvalue weighted by Crippen LogP contribution is 2.26. The molecular formula is C65H112O12. The highest BCUT2D eigenvalue weighted by atomic mass is 16.7. The third-order valence-corrected chi connectivity index (χ3v) is 14.0. The van der Waals surface area contributed by atoms with Gasteiger partial charge in [-0.1, -0.05) is 216 Å². The molecule has 0 aromatic carbocycles. The van der Waals surface area contributed by atoms with Crippen LogP contribution in [-0.4, -0.2) is 89.2 Å². The van der Waals surface area contributed by atoms with E-state index < -0.39 is 67.3 Å². The number of allylic oxidation sites excluding steroid dienone is 10. The number of unbranched alkanes of at least 4 members (excludes halogenated alkanes) is 29. The number of rotatable bonds is 53. The number of ether oxygens (including phenoxy) is 5. The lowest BCUT2D eigenvalue weighted by atomic mass is 9.98. The number of carbonyl (C=O) groups is 4. The number of aliphatic hydroxyl groups is 2. The average Bonchev–Trinajstić information content (AvgIpc) is 3.42. The van der Waals surface area contributed by atoms with Crippen molar-refractivity contribution in [2.24, 2.45) is 0 Å². The zero-order chi connectivity index (χ0) is 56.1. The molecule has 0 radical (unpaired) electrons. The molecule has 0 aliphatic carbocycles. The summed E-state index contributed by atoms with van der Waals surface area (Å²) in [7, 11) is 0. The van der Waals surface area contributed by atoms with E-state index >= 15 is 0 Å². The smallest absolute Gasteiger partial charge is 0.335 e. The predicted molar refractivity (Wildman–Crippen MR) is 312 cm³/mol. The maximum atomic E-state index is 13.2. The van der Waals surface area contributed by atoms with Gasteiger partial charge < -0.3 is 39.0 Å². The van der Waals surface area contributed by atoms with Crippen LogP contribution in [0.4, 0.5) is 0 Å². The van der Waals surface area contributed by atoms with Crippen molar-refractivity contribution < 1.29 is 58.2 Å². The molecule has 77 heavy (non-hydrogen) atoms. The summed E-state index contributed by atoms with van der Waals surface area (Å²) in [4.78, 5) is 51.2. The largest absolute Gasteiger partial charge is 0.479 e. The second kappa shape index (κ2) is 53.1. The minimum absolute atomic E-state index is 0.0244. The van der Waals surface area contributed by atoms with Crippen LogP contribution in [0.5, 0.6) is 0 Å². The van der Waals surface area contributed by atoms with Crippen molar-refractivity contribution in [3.05, 3.63) is 60.8 Å². The highest BCUT2D eigenvalue weighted by molar-refractivity contribution is 5.74. The Bertz CT molecular complexity index is 1570. The molecule has 1 aliphatic rings. The SMILES string of the molecule is CC/C=C\C/C=C\C/C=C\CCCCCC(=O)OC1C(OCC(COC(=O)CCCCCCCCC/C=C\CCCCCCCC)OC(=O)CCCCCCCCC/C=C\CCCCCCCC)OC(C(=O)O)C(O)C1O. The van der Waals surface area contributed by atoms with E-state index in [0.29, 0.717) is 19.3 Å². The summed E-state index contributed by atoms with van der Waals surface area (Å²) >= 11 is 0. The highest BCUT2D eigenvalue weighted by Gasteiger charge is 2.50. The number of aliphatic hydroxyl groups excluding tert-OH is 2. The van der Waals surface area contributed by atoms with Gasteiger partial charge in [0.05, 0.1) is 6.61 Å². The van der Waals surface area contributed by atoms with Gasteiger partial charge >= 0.3 is 23.9 Å². The lowest BCUT2D eigenvalue weighted by Gasteiger charge is -2.40. The van der Waals surface area contributed by atoms with Gasteiger partial charge in [-0.15, -0.1) is 0 Å². The Morgan fingerprint density at radius 1 is 0.442 bits per heavy atom. The van der Waals surface area contributed by atoms with Gasteiger partial charge in [-0.2, -0.15) is 0 Å². The Morgan fingerprint density at radius 3 is 1.27 bits per heavy atom. The molecule has 444 valence electrons. The van der Waals surface area contributed by atoms with Crippen molar-refractivity contribution in [1.82, 2.24) is 0 Å². The number of carboxylic acid groups (broad SMARTS) is 1. The van der Waals surface area contributed by atoms with E-state index in [1.165, 1.54) is 122 Å². The number of esters is 3. The molecule has 0 saturated carbocycles. The maximum absolute atomic E-state index is 13.2. The first-order valence-electron chi connectivity index (χ1n) is 31.3. The van der Waals surface area contributed by atoms with Gasteiger partial charge in [-0.3, -0.25) is 14.4 Å². The molecule has 12 nitrogen and oxygen atoms in total. The fourth-order valence-electron chi connectivity index (χ4n) is 9.25. The van der Waals surface area contributed by atoms with E-state index in [0.717, 1.165) is 96.3 Å². The summed E-state index contributed by atoms with van der Waals surface area (Å²) in [5.74, 6) is -3.16. The number of carboxylic acids is 1. The molecule has 12 heteroatoms.